The first-order chi connectivity index (χ1) is 8.22. The molecule has 2 rings (SSSR count). The van der Waals surface area contributed by atoms with Gasteiger partial charge in [-0.25, -0.2) is 0 Å². The summed E-state index contributed by atoms with van der Waals surface area (Å²) in [4.78, 5) is 7.21. The van der Waals surface area contributed by atoms with Crippen LogP contribution < -0.4 is 5.32 Å². The number of nitrogens with one attached hydrogen (secondary N) is 1. The van der Waals surface area contributed by atoms with Gasteiger partial charge in [0.25, 0.3) is 0 Å². The van der Waals surface area contributed by atoms with Crippen molar-refractivity contribution < 1.29 is 0 Å². The second-order valence-corrected chi connectivity index (χ2v) is 7.16. The fourth-order valence-electron chi connectivity index (χ4n) is 1.95. The Hall–Kier alpha value is 0.130. The van der Waals surface area contributed by atoms with Gasteiger partial charge >= 0.3 is 0 Å². The number of nitrogens with zero attached hydrogens (tertiary/aromatic N) is 2. The number of thioether (sulfide) groups is 2. The molecule has 2 aliphatic rings. The largest absolute Gasteiger partial charge is 0.359 e. The minimum absolute atomic E-state index is 0.269. The van der Waals surface area contributed by atoms with Crippen molar-refractivity contribution in [2.45, 2.75) is 25.8 Å². The van der Waals surface area contributed by atoms with Crippen LogP contribution in [0.5, 0.6) is 0 Å². The summed E-state index contributed by atoms with van der Waals surface area (Å²) in [5.41, 5.74) is 0.269. The smallest absolute Gasteiger partial charge is 0.157 e. The van der Waals surface area contributed by atoms with Crippen molar-refractivity contribution in [1.82, 2.24) is 10.2 Å². The summed E-state index contributed by atoms with van der Waals surface area (Å²) >= 11 is 3.94. The van der Waals surface area contributed by atoms with E-state index in [1.807, 2.05) is 11.8 Å². The average molecular weight is 273 g/mol. The van der Waals surface area contributed by atoms with Crippen LogP contribution in [0.1, 0.15) is 20.3 Å². The molecular formula is C12H23N3S2. The predicted octanol–water partition coefficient (Wildman–Crippen LogP) is 1.90. The van der Waals surface area contributed by atoms with E-state index in [9.17, 15) is 0 Å². The number of rotatable bonds is 4. The third-order valence-corrected chi connectivity index (χ3v) is 5.72. The van der Waals surface area contributed by atoms with E-state index in [0.29, 0.717) is 0 Å². The monoisotopic (exact) mass is 273 g/mol. The van der Waals surface area contributed by atoms with Crippen LogP contribution in [0.25, 0.3) is 0 Å². The highest BCUT2D eigenvalue weighted by Crippen LogP contribution is 2.25. The van der Waals surface area contributed by atoms with Crippen molar-refractivity contribution in [2.75, 3.05) is 43.4 Å². The van der Waals surface area contributed by atoms with Gasteiger partial charge in [0.1, 0.15) is 0 Å². The van der Waals surface area contributed by atoms with Crippen LogP contribution in [0.3, 0.4) is 0 Å². The highest BCUT2D eigenvalue weighted by Gasteiger charge is 2.30. The van der Waals surface area contributed by atoms with Crippen LogP contribution in [0, 0.1) is 0 Å². The Balaban J connectivity index is 1.70. The van der Waals surface area contributed by atoms with Gasteiger partial charge in [-0.2, -0.15) is 11.8 Å². The molecule has 0 aliphatic carbocycles. The molecule has 0 amide bonds. The zero-order chi connectivity index (χ0) is 12.1. The molecule has 0 aromatic carbocycles. The lowest BCUT2D eigenvalue weighted by Gasteiger charge is -2.25. The van der Waals surface area contributed by atoms with E-state index < -0.39 is 0 Å². The molecule has 1 N–H and O–H groups in total. The summed E-state index contributed by atoms with van der Waals surface area (Å²) in [6, 6.07) is 0. The SMILES string of the molecule is CCC1(C)CSC(=NCCN2CCSCC2)N1. The number of hydrogen-bond donors (Lipinski definition) is 1. The van der Waals surface area contributed by atoms with Crippen molar-refractivity contribution in [3.8, 4) is 0 Å². The van der Waals surface area contributed by atoms with E-state index >= 15 is 0 Å². The molecule has 0 radical (unpaired) electrons. The van der Waals surface area contributed by atoms with Crippen molar-refractivity contribution in [3.63, 3.8) is 0 Å². The first-order valence-corrected chi connectivity index (χ1v) is 8.61. The minimum Gasteiger partial charge on any atom is -0.359 e. The molecule has 2 fully saturated rings. The van der Waals surface area contributed by atoms with Crippen molar-refractivity contribution in [1.29, 1.82) is 0 Å². The summed E-state index contributed by atoms with van der Waals surface area (Å²) < 4.78 is 0. The zero-order valence-electron chi connectivity index (χ0n) is 10.9. The fourth-order valence-corrected chi connectivity index (χ4v) is 4.16. The first-order valence-electron chi connectivity index (χ1n) is 6.47. The Morgan fingerprint density at radius 2 is 2.18 bits per heavy atom. The van der Waals surface area contributed by atoms with Gasteiger partial charge in [-0.15, -0.1) is 0 Å². The molecule has 0 aromatic heterocycles. The lowest BCUT2D eigenvalue weighted by atomic mass is 10.0. The number of amidine groups is 1. The summed E-state index contributed by atoms with van der Waals surface area (Å²) in [7, 11) is 0. The van der Waals surface area contributed by atoms with Crippen LogP contribution >= 0.6 is 23.5 Å². The molecule has 0 bridgehead atoms. The van der Waals surface area contributed by atoms with E-state index in [0.717, 1.165) is 24.0 Å². The second kappa shape index (κ2) is 6.34. The van der Waals surface area contributed by atoms with Gasteiger partial charge in [0.2, 0.25) is 0 Å². The molecule has 1 unspecified atom stereocenters. The molecule has 2 saturated heterocycles. The molecule has 5 heteroatoms. The van der Waals surface area contributed by atoms with Crippen LogP contribution in [0.4, 0.5) is 0 Å². The van der Waals surface area contributed by atoms with Crippen LogP contribution in [-0.4, -0.2) is 59.0 Å². The number of aliphatic imine (C=N–C) groups is 1. The minimum atomic E-state index is 0.269. The molecular weight excluding hydrogens is 250 g/mol. The van der Waals surface area contributed by atoms with E-state index in [1.165, 1.54) is 31.0 Å². The van der Waals surface area contributed by atoms with Gasteiger partial charge in [0, 0.05) is 42.4 Å². The Morgan fingerprint density at radius 3 is 2.82 bits per heavy atom. The fraction of sp³-hybridized carbons (Fsp3) is 0.917. The van der Waals surface area contributed by atoms with Crippen molar-refractivity contribution >= 4 is 28.7 Å². The molecule has 17 heavy (non-hydrogen) atoms. The van der Waals surface area contributed by atoms with Gasteiger partial charge in [-0.1, -0.05) is 18.7 Å². The molecule has 0 aromatic rings. The van der Waals surface area contributed by atoms with E-state index in [1.54, 1.807) is 0 Å². The van der Waals surface area contributed by atoms with Gasteiger partial charge in [-0.05, 0) is 13.3 Å². The van der Waals surface area contributed by atoms with Gasteiger partial charge in [-0.3, -0.25) is 9.89 Å². The first kappa shape index (κ1) is 13.6. The molecule has 3 nitrogen and oxygen atoms in total. The Bertz CT molecular complexity index is 277. The maximum atomic E-state index is 4.68. The van der Waals surface area contributed by atoms with Crippen LogP contribution in [-0.2, 0) is 0 Å². The van der Waals surface area contributed by atoms with E-state index in [-0.39, 0.29) is 5.54 Å². The third kappa shape index (κ3) is 4.07. The quantitative estimate of drug-likeness (QED) is 0.846. The number of hydrogen-bond acceptors (Lipinski definition) is 4. The van der Waals surface area contributed by atoms with Gasteiger partial charge in [0.15, 0.2) is 5.17 Å². The standard InChI is InChI=1S/C12H23N3S2/c1-3-12(2)10-17-11(14-12)13-4-5-15-6-8-16-9-7-15/h3-10H2,1-2H3,(H,13,14). The molecule has 0 spiro atoms. The van der Waals surface area contributed by atoms with Crippen molar-refractivity contribution in [3.05, 3.63) is 0 Å². The Kier molecular flexibility index (Phi) is 5.06. The van der Waals surface area contributed by atoms with Crippen LogP contribution in [0.2, 0.25) is 0 Å². The normalized spacial score (nSPS) is 32.9. The maximum absolute atomic E-state index is 4.68. The maximum Gasteiger partial charge on any atom is 0.157 e. The molecule has 98 valence electrons. The highest BCUT2D eigenvalue weighted by atomic mass is 32.2. The van der Waals surface area contributed by atoms with E-state index in [4.69, 9.17) is 0 Å². The van der Waals surface area contributed by atoms with E-state index in [2.05, 4.69) is 40.8 Å². The Labute approximate surface area is 113 Å². The summed E-state index contributed by atoms with van der Waals surface area (Å²) in [5, 5.41) is 4.70. The Morgan fingerprint density at radius 1 is 1.41 bits per heavy atom. The van der Waals surface area contributed by atoms with Gasteiger partial charge < -0.3 is 5.32 Å². The topological polar surface area (TPSA) is 27.6 Å². The van der Waals surface area contributed by atoms with Crippen molar-refractivity contribution in [2.24, 2.45) is 4.99 Å². The zero-order valence-corrected chi connectivity index (χ0v) is 12.5. The van der Waals surface area contributed by atoms with Gasteiger partial charge in [0.05, 0.1) is 6.54 Å². The lowest BCUT2D eigenvalue weighted by molar-refractivity contribution is 0.311. The molecule has 2 heterocycles. The molecule has 0 saturated carbocycles. The second-order valence-electron chi connectivity index (χ2n) is 4.97. The summed E-state index contributed by atoms with van der Waals surface area (Å²) in [5.74, 6) is 3.73. The summed E-state index contributed by atoms with van der Waals surface area (Å²) in [6.45, 7) is 9.06. The third-order valence-electron chi connectivity index (χ3n) is 3.49. The predicted molar refractivity (Wildman–Crippen MR) is 80.4 cm³/mol. The summed E-state index contributed by atoms with van der Waals surface area (Å²) in [6.07, 6.45) is 1.17. The lowest BCUT2D eigenvalue weighted by Crippen LogP contribution is -2.40. The average Bonchev–Trinajstić information content (AvgIpc) is 2.74. The van der Waals surface area contributed by atoms with Crippen LogP contribution in [0.15, 0.2) is 4.99 Å². The molecule has 1 atom stereocenters. The molecule has 2 aliphatic heterocycles. The highest BCUT2D eigenvalue weighted by molar-refractivity contribution is 8.14.